The average Bonchev–Trinajstić information content (AvgIpc) is 3.59. The van der Waals surface area contributed by atoms with Gasteiger partial charge in [-0.05, 0) is 25.0 Å². The third kappa shape index (κ3) is 4.96. The second-order valence-corrected chi connectivity index (χ2v) is 10.4. The Morgan fingerprint density at radius 3 is 2.68 bits per heavy atom. The maximum absolute atomic E-state index is 14.5. The Balaban J connectivity index is 1.42. The van der Waals surface area contributed by atoms with Crippen molar-refractivity contribution < 1.29 is 37.7 Å². The SMILES string of the molecule is CO[C@@H]1[C@@H](n2cc(-c3ccc(Cl)c(F)c3F)nn2)[C@@H](O)[C@@H](CO)O[C@@H]1Cc1cc(C2(C)CCOCC2)on1. The van der Waals surface area contributed by atoms with Crippen LogP contribution in [0.2, 0.25) is 5.02 Å². The Morgan fingerprint density at radius 1 is 1.21 bits per heavy atom. The molecule has 4 heterocycles. The van der Waals surface area contributed by atoms with Gasteiger partial charge in [-0.3, -0.25) is 0 Å². The molecule has 2 N–H and O–H groups in total. The Kier molecular flexibility index (Phi) is 7.81. The largest absolute Gasteiger partial charge is 0.394 e. The van der Waals surface area contributed by atoms with Crippen molar-refractivity contribution in [3.8, 4) is 11.3 Å². The van der Waals surface area contributed by atoms with Gasteiger partial charge in [-0.15, -0.1) is 5.10 Å². The maximum atomic E-state index is 14.5. The fourth-order valence-corrected chi connectivity index (χ4v) is 5.31. The van der Waals surface area contributed by atoms with Crippen molar-refractivity contribution in [1.29, 1.82) is 0 Å². The number of methoxy groups -OCH3 is 1. The van der Waals surface area contributed by atoms with Gasteiger partial charge < -0.3 is 28.9 Å². The summed E-state index contributed by atoms with van der Waals surface area (Å²) < 4.78 is 52.8. The lowest BCUT2D eigenvalue weighted by atomic mass is 9.80. The van der Waals surface area contributed by atoms with Gasteiger partial charge in [0.1, 0.15) is 35.8 Å². The van der Waals surface area contributed by atoms with E-state index in [1.165, 1.54) is 30.1 Å². The highest BCUT2D eigenvalue weighted by molar-refractivity contribution is 6.30. The van der Waals surface area contributed by atoms with Crippen molar-refractivity contribution in [2.24, 2.45) is 0 Å². The molecule has 13 heteroatoms. The molecule has 206 valence electrons. The van der Waals surface area contributed by atoms with E-state index in [1.807, 2.05) is 6.07 Å². The summed E-state index contributed by atoms with van der Waals surface area (Å²) in [6, 6.07) is 3.54. The molecule has 0 radical (unpaired) electrons. The minimum atomic E-state index is -1.24. The van der Waals surface area contributed by atoms with Crippen molar-refractivity contribution in [2.75, 3.05) is 26.9 Å². The Hall–Kier alpha value is -2.48. The van der Waals surface area contributed by atoms with Crippen LogP contribution >= 0.6 is 11.6 Å². The number of aromatic nitrogens is 4. The first-order chi connectivity index (χ1) is 18.3. The van der Waals surface area contributed by atoms with E-state index >= 15 is 0 Å². The number of ether oxygens (including phenoxy) is 3. The molecule has 0 unspecified atom stereocenters. The minimum absolute atomic E-state index is 0.0366. The van der Waals surface area contributed by atoms with Crippen LogP contribution in [0.25, 0.3) is 11.3 Å². The molecule has 0 aliphatic carbocycles. The van der Waals surface area contributed by atoms with Crippen LogP contribution < -0.4 is 0 Å². The third-order valence-corrected chi connectivity index (χ3v) is 7.81. The van der Waals surface area contributed by atoms with Crippen LogP contribution in [0.4, 0.5) is 8.78 Å². The number of halogens is 3. The van der Waals surface area contributed by atoms with E-state index in [2.05, 4.69) is 22.4 Å². The van der Waals surface area contributed by atoms with Crippen molar-refractivity contribution in [3.63, 3.8) is 0 Å². The fourth-order valence-electron chi connectivity index (χ4n) is 5.17. The van der Waals surface area contributed by atoms with Crippen LogP contribution in [-0.2, 0) is 26.0 Å². The normalized spacial score (nSPS) is 27.5. The van der Waals surface area contributed by atoms with Gasteiger partial charge in [-0.2, -0.15) is 0 Å². The fraction of sp³-hybridized carbons (Fsp3) is 0.560. The lowest BCUT2D eigenvalue weighted by molar-refractivity contribution is -0.212. The van der Waals surface area contributed by atoms with Crippen molar-refractivity contribution in [3.05, 3.63) is 52.5 Å². The van der Waals surface area contributed by atoms with Crippen LogP contribution in [0, 0.1) is 11.6 Å². The summed E-state index contributed by atoms with van der Waals surface area (Å²) in [5.41, 5.74) is 0.345. The quantitative estimate of drug-likeness (QED) is 0.424. The van der Waals surface area contributed by atoms with Gasteiger partial charge in [0.2, 0.25) is 0 Å². The van der Waals surface area contributed by atoms with E-state index in [-0.39, 0.29) is 28.1 Å². The molecule has 2 aromatic heterocycles. The number of benzene rings is 1. The van der Waals surface area contributed by atoms with Crippen LogP contribution in [-0.4, -0.2) is 81.7 Å². The molecule has 0 bridgehead atoms. The van der Waals surface area contributed by atoms with Gasteiger partial charge in [0.05, 0.1) is 29.6 Å². The van der Waals surface area contributed by atoms with Crippen LogP contribution in [0.3, 0.4) is 0 Å². The standard InChI is InChI=1S/C25H29ClF2N4O6/c1-25(5-7-36-8-6-25)19-10-13(30-38-19)9-17-24(35-2)22(23(34)18(12-33)37-17)32-11-16(29-31-32)14-3-4-15(26)21(28)20(14)27/h3-4,10-11,17-18,22-24,33-34H,5-9,12H2,1-2H3/t17-,18-,22+,23+,24+/m1/s1. The molecule has 0 spiro atoms. The van der Waals surface area contributed by atoms with Crippen LogP contribution in [0.1, 0.15) is 37.3 Å². The molecule has 5 rings (SSSR count). The topological polar surface area (TPSA) is 125 Å². The van der Waals surface area contributed by atoms with Gasteiger partial charge in [0.25, 0.3) is 0 Å². The highest BCUT2D eigenvalue weighted by Crippen LogP contribution is 2.37. The number of nitrogens with zero attached hydrogens (tertiary/aromatic N) is 4. The van der Waals surface area contributed by atoms with Gasteiger partial charge in [-0.25, -0.2) is 13.5 Å². The molecule has 2 aliphatic heterocycles. The molecule has 5 atom stereocenters. The van der Waals surface area contributed by atoms with Gasteiger partial charge in [-0.1, -0.05) is 28.9 Å². The number of rotatable bonds is 7. The first-order valence-electron chi connectivity index (χ1n) is 12.3. The Morgan fingerprint density at radius 2 is 1.97 bits per heavy atom. The maximum Gasteiger partial charge on any atom is 0.178 e. The lowest BCUT2D eigenvalue weighted by Crippen LogP contribution is -2.57. The van der Waals surface area contributed by atoms with Crippen molar-refractivity contribution in [2.45, 2.75) is 62.1 Å². The number of hydrogen-bond donors (Lipinski definition) is 2. The molecule has 3 aromatic rings. The van der Waals surface area contributed by atoms with Crippen LogP contribution in [0.15, 0.2) is 28.9 Å². The van der Waals surface area contributed by atoms with Gasteiger partial charge >= 0.3 is 0 Å². The summed E-state index contributed by atoms with van der Waals surface area (Å²) in [6.07, 6.45) is -0.331. The zero-order chi connectivity index (χ0) is 27.0. The molecule has 2 aliphatic rings. The number of aliphatic hydroxyl groups is 2. The molecule has 0 amide bonds. The Labute approximate surface area is 222 Å². The molecule has 38 heavy (non-hydrogen) atoms. The predicted molar refractivity (Wildman–Crippen MR) is 130 cm³/mol. The van der Waals surface area contributed by atoms with Crippen molar-refractivity contribution in [1.82, 2.24) is 20.2 Å². The summed E-state index contributed by atoms with van der Waals surface area (Å²) in [5, 5.41) is 32.9. The van der Waals surface area contributed by atoms with Gasteiger partial charge in [0.15, 0.2) is 11.6 Å². The monoisotopic (exact) mass is 554 g/mol. The zero-order valence-electron chi connectivity index (χ0n) is 20.9. The highest BCUT2D eigenvalue weighted by Gasteiger charge is 2.47. The molecular formula is C25H29ClF2N4O6. The van der Waals surface area contributed by atoms with E-state index in [1.54, 1.807) is 0 Å². The molecular weight excluding hydrogens is 526 g/mol. The summed E-state index contributed by atoms with van der Waals surface area (Å²) >= 11 is 5.66. The van der Waals surface area contributed by atoms with E-state index in [4.69, 9.17) is 30.3 Å². The van der Waals surface area contributed by atoms with Gasteiger partial charge in [0, 0.05) is 43.8 Å². The van der Waals surface area contributed by atoms with E-state index in [0.29, 0.717) is 18.9 Å². The first-order valence-corrected chi connectivity index (χ1v) is 12.7. The average molecular weight is 555 g/mol. The molecule has 10 nitrogen and oxygen atoms in total. The number of aliphatic hydroxyl groups excluding tert-OH is 2. The molecule has 0 saturated carbocycles. The molecule has 2 saturated heterocycles. The summed E-state index contributed by atoms with van der Waals surface area (Å²) in [7, 11) is 1.46. The highest BCUT2D eigenvalue weighted by atomic mass is 35.5. The molecule has 1 aromatic carbocycles. The van der Waals surface area contributed by atoms with Crippen molar-refractivity contribution >= 4 is 11.6 Å². The summed E-state index contributed by atoms with van der Waals surface area (Å²) in [4.78, 5) is 0. The second kappa shape index (κ2) is 10.9. The van der Waals surface area contributed by atoms with Crippen LogP contribution in [0.5, 0.6) is 0 Å². The summed E-state index contributed by atoms with van der Waals surface area (Å²) in [5.74, 6) is -1.60. The smallest absolute Gasteiger partial charge is 0.178 e. The summed E-state index contributed by atoms with van der Waals surface area (Å²) in [6.45, 7) is 2.94. The minimum Gasteiger partial charge on any atom is -0.394 e. The number of hydrogen-bond acceptors (Lipinski definition) is 9. The first kappa shape index (κ1) is 27.1. The zero-order valence-corrected chi connectivity index (χ0v) is 21.6. The lowest BCUT2D eigenvalue weighted by Gasteiger charge is -2.43. The predicted octanol–water partition coefficient (Wildman–Crippen LogP) is 2.85. The van der Waals surface area contributed by atoms with E-state index in [0.717, 1.165) is 18.6 Å². The van der Waals surface area contributed by atoms with E-state index < -0.39 is 48.7 Å². The Bertz CT molecular complexity index is 1270. The third-order valence-electron chi connectivity index (χ3n) is 7.52. The molecule has 2 fully saturated rings. The van der Waals surface area contributed by atoms with E-state index in [9.17, 15) is 19.0 Å². The second-order valence-electron chi connectivity index (χ2n) is 9.94.